The molecule has 0 unspecified atom stereocenters. The second kappa shape index (κ2) is 7.06. The van der Waals surface area contributed by atoms with E-state index in [2.05, 4.69) is 18.3 Å². The van der Waals surface area contributed by atoms with Crippen LogP contribution in [0.2, 0.25) is 0 Å². The van der Waals surface area contributed by atoms with Gasteiger partial charge in [-0.25, -0.2) is 0 Å². The summed E-state index contributed by atoms with van der Waals surface area (Å²) in [7, 11) is 0. The van der Waals surface area contributed by atoms with Gasteiger partial charge in [0.05, 0.1) is 6.07 Å². The number of benzene rings is 1. The molecule has 3 N–H and O–H groups in total. The molecule has 20 heavy (non-hydrogen) atoms. The fourth-order valence-corrected chi connectivity index (χ4v) is 1.82. The minimum atomic E-state index is -0.805. The minimum Gasteiger partial charge on any atom is -0.333 e. The molecule has 0 saturated carbocycles. The summed E-state index contributed by atoms with van der Waals surface area (Å²) >= 11 is 0. The maximum absolute atomic E-state index is 12.0. The Hall–Kier alpha value is -1.86. The molecule has 0 fully saturated rings. The van der Waals surface area contributed by atoms with Gasteiger partial charge in [-0.15, -0.1) is 0 Å². The van der Waals surface area contributed by atoms with E-state index in [1.165, 1.54) is 5.56 Å². The molecule has 1 amide bonds. The van der Waals surface area contributed by atoms with E-state index in [4.69, 9.17) is 0 Å². The van der Waals surface area contributed by atoms with Gasteiger partial charge in [-0.2, -0.15) is 5.26 Å². The van der Waals surface area contributed by atoms with Crippen molar-refractivity contribution >= 4 is 5.91 Å². The van der Waals surface area contributed by atoms with Crippen molar-refractivity contribution in [3.63, 3.8) is 0 Å². The molecule has 1 aromatic rings. The van der Waals surface area contributed by atoms with E-state index in [0.29, 0.717) is 6.54 Å². The summed E-state index contributed by atoms with van der Waals surface area (Å²) in [5.41, 5.74) is 0.383. The highest BCUT2D eigenvalue weighted by atomic mass is 16.2. The number of nitrogens with zero attached hydrogens (tertiary/aromatic N) is 1. The zero-order valence-corrected chi connectivity index (χ0v) is 12.7. The highest BCUT2D eigenvalue weighted by Crippen LogP contribution is 2.14. The van der Waals surface area contributed by atoms with Crippen LogP contribution in [0, 0.1) is 17.2 Å². The molecule has 0 aromatic heterocycles. The lowest BCUT2D eigenvalue weighted by atomic mass is 9.90. The number of carbonyl (C=O) groups is 1. The smallest absolute Gasteiger partial charge is 0.276 e. The van der Waals surface area contributed by atoms with Gasteiger partial charge in [-0.3, -0.25) is 4.79 Å². The second-order valence-corrected chi connectivity index (χ2v) is 5.66. The first-order chi connectivity index (χ1) is 9.39. The van der Waals surface area contributed by atoms with Gasteiger partial charge in [0.1, 0.15) is 11.6 Å². The maximum atomic E-state index is 12.0. The van der Waals surface area contributed by atoms with E-state index in [1.54, 1.807) is 6.92 Å². The predicted octanol–water partition coefficient (Wildman–Crippen LogP) is 1.37. The summed E-state index contributed by atoms with van der Waals surface area (Å²) in [4.78, 5) is 12.0. The predicted molar refractivity (Wildman–Crippen MR) is 78.6 cm³/mol. The lowest BCUT2D eigenvalue weighted by Crippen LogP contribution is -2.87. The molecule has 0 heterocycles. The van der Waals surface area contributed by atoms with Crippen molar-refractivity contribution in [2.45, 2.75) is 39.3 Å². The van der Waals surface area contributed by atoms with Crippen molar-refractivity contribution < 1.29 is 10.1 Å². The monoisotopic (exact) mass is 274 g/mol. The number of hydrogen-bond donors (Lipinski definition) is 2. The number of nitrogens with one attached hydrogen (secondary N) is 1. The van der Waals surface area contributed by atoms with Crippen LogP contribution in [-0.2, 0) is 4.79 Å². The fourth-order valence-electron chi connectivity index (χ4n) is 1.82. The van der Waals surface area contributed by atoms with Gasteiger partial charge in [0.15, 0.2) is 6.54 Å². The van der Waals surface area contributed by atoms with Gasteiger partial charge in [-0.05, 0) is 19.8 Å². The van der Waals surface area contributed by atoms with Crippen LogP contribution in [0.5, 0.6) is 0 Å². The topological polar surface area (TPSA) is 69.5 Å². The zero-order chi connectivity index (χ0) is 15.2. The van der Waals surface area contributed by atoms with Crippen LogP contribution < -0.4 is 10.6 Å². The third-order valence-corrected chi connectivity index (χ3v) is 3.77. The Labute approximate surface area is 121 Å². The molecule has 0 spiro atoms. The maximum Gasteiger partial charge on any atom is 0.276 e. The van der Waals surface area contributed by atoms with Crippen molar-refractivity contribution in [2.24, 2.45) is 5.92 Å². The normalized spacial score (nSPS) is 15.2. The largest absolute Gasteiger partial charge is 0.333 e. The van der Waals surface area contributed by atoms with Crippen molar-refractivity contribution in [1.82, 2.24) is 5.32 Å². The Morgan fingerprint density at radius 2 is 1.95 bits per heavy atom. The quantitative estimate of drug-likeness (QED) is 0.822. The Morgan fingerprint density at radius 1 is 1.35 bits per heavy atom. The first-order valence-corrected chi connectivity index (χ1v) is 6.99. The Bertz CT molecular complexity index is 478. The molecular formula is C16H24N3O+. The van der Waals surface area contributed by atoms with E-state index in [1.807, 2.05) is 49.5 Å². The average molecular weight is 274 g/mol. The van der Waals surface area contributed by atoms with Gasteiger partial charge >= 0.3 is 0 Å². The van der Waals surface area contributed by atoms with Crippen molar-refractivity contribution in [3.05, 3.63) is 35.9 Å². The fraction of sp³-hybridized carbons (Fsp3) is 0.500. The van der Waals surface area contributed by atoms with Crippen LogP contribution in [0.1, 0.15) is 39.3 Å². The number of rotatable bonds is 6. The summed E-state index contributed by atoms with van der Waals surface area (Å²) in [6, 6.07) is 12.5. The standard InChI is InChI=1S/C16H23N3O/c1-12(2)16(4,11-17)19-15(20)10-18-13(3)14-8-6-5-7-9-14/h5-9,12-13,18H,10H2,1-4H3,(H,19,20)/p+1/t13-,16+/m1/s1. The van der Waals surface area contributed by atoms with Gasteiger partial charge in [0.25, 0.3) is 5.91 Å². The molecule has 4 heteroatoms. The molecular weight excluding hydrogens is 250 g/mol. The summed E-state index contributed by atoms with van der Waals surface area (Å²) in [6.07, 6.45) is 0. The molecule has 1 rings (SSSR count). The number of hydrogen-bond acceptors (Lipinski definition) is 2. The summed E-state index contributed by atoms with van der Waals surface area (Å²) in [6.45, 7) is 8.00. The third-order valence-electron chi connectivity index (χ3n) is 3.77. The molecule has 0 aliphatic rings. The number of nitrogens with two attached hydrogens (primary N) is 1. The van der Waals surface area contributed by atoms with Gasteiger partial charge in [0, 0.05) is 5.56 Å². The average Bonchev–Trinajstić information content (AvgIpc) is 2.45. The van der Waals surface area contributed by atoms with Crippen molar-refractivity contribution in [2.75, 3.05) is 6.54 Å². The molecule has 108 valence electrons. The molecule has 1 aromatic carbocycles. The molecule has 0 radical (unpaired) electrons. The molecule has 2 atom stereocenters. The van der Waals surface area contributed by atoms with Crippen molar-refractivity contribution in [3.8, 4) is 6.07 Å². The molecule has 0 bridgehead atoms. The highest BCUT2D eigenvalue weighted by molar-refractivity contribution is 5.78. The Kier molecular flexibility index (Phi) is 5.72. The number of quaternary nitrogens is 1. The Balaban J connectivity index is 2.50. The number of amides is 1. The molecule has 0 aliphatic carbocycles. The number of carbonyl (C=O) groups excluding carboxylic acids is 1. The lowest BCUT2D eigenvalue weighted by Gasteiger charge is -2.27. The van der Waals surface area contributed by atoms with Gasteiger partial charge in [-0.1, -0.05) is 44.2 Å². The summed E-state index contributed by atoms with van der Waals surface area (Å²) in [5.74, 6) is -0.0338. The highest BCUT2D eigenvalue weighted by Gasteiger charge is 2.30. The van der Waals surface area contributed by atoms with E-state index in [-0.39, 0.29) is 17.9 Å². The first kappa shape index (κ1) is 16.2. The lowest BCUT2D eigenvalue weighted by molar-refractivity contribution is -0.682. The first-order valence-electron chi connectivity index (χ1n) is 6.99. The third kappa shape index (κ3) is 4.36. The van der Waals surface area contributed by atoms with Gasteiger partial charge in [0.2, 0.25) is 0 Å². The van der Waals surface area contributed by atoms with Crippen LogP contribution in [0.25, 0.3) is 0 Å². The molecule has 4 nitrogen and oxygen atoms in total. The van der Waals surface area contributed by atoms with Crippen LogP contribution in [0.15, 0.2) is 30.3 Å². The summed E-state index contributed by atoms with van der Waals surface area (Å²) < 4.78 is 0. The SMILES string of the molecule is CC(C)[C@](C)(C#N)NC(=O)C[NH2+][C@H](C)c1ccccc1. The van der Waals surface area contributed by atoms with E-state index < -0.39 is 5.54 Å². The van der Waals surface area contributed by atoms with Crippen LogP contribution in [0.4, 0.5) is 0 Å². The van der Waals surface area contributed by atoms with Gasteiger partial charge < -0.3 is 10.6 Å². The van der Waals surface area contributed by atoms with Crippen molar-refractivity contribution in [1.29, 1.82) is 5.26 Å². The molecule has 0 aliphatic heterocycles. The zero-order valence-electron chi connectivity index (χ0n) is 12.7. The van der Waals surface area contributed by atoms with E-state index in [9.17, 15) is 10.1 Å². The second-order valence-electron chi connectivity index (χ2n) is 5.66. The number of nitriles is 1. The Morgan fingerprint density at radius 3 is 2.45 bits per heavy atom. The van der Waals surface area contributed by atoms with Crippen LogP contribution >= 0.6 is 0 Å². The molecule has 0 saturated heterocycles. The van der Waals surface area contributed by atoms with E-state index >= 15 is 0 Å². The van der Waals surface area contributed by atoms with Crippen LogP contribution in [-0.4, -0.2) is 18.0 Å². The summed E-state index contributed by atoms with van der Waals surface area (Å²) in [5, 5.41) is 14.0. The minimum absolute atomic E-state index is 0.0722. The van der Waals surface area contributed by atoms with E-state index in [0.717, 1.165) is 0 Å². The van der Waals surface area contributed by atoms with Crippen LogP contribution in [0.3, 0.4) is 0 Å².